The zero-order valence-electron chi connectivity index (χ0n) is 10.4. The quantitative estimate of drug-likeness (QED) is 0.815. The molecule has 0 spiro atoms. The maximum Gasteiger partial charge on any atom is 0.227 e. The minimum atomic E-state index is -0.966. The first-order valence-corrected chi connectivity index (χ1v) is 7.50. The molecule has 1 atom stereocenters. The number of carbonyl (C=O) groups is 1. The monoisotopic (exact) mass is 267 g/mol. The fourth-order valence-corrected chi connectivity index (χ4v) is 2.42. The Labute approximate surface area is 109 Å². The first-order valence-electron chi connectivity index (χ1n) is 5.95. The van der Waals surface area contributed by atoms with Gasteiger partial charge in [0, 0.05) is 35.0 Å². The standard InChI is InChI=1S/C13H17NO3S/c1-18(16)12-4-2-11(3-5-12)10-13(15)14-6-8-17-9-7-14/h2-5H,6-10H2,1H3. The van der Waals surface area contributed by atoms with Gasteiger partial charge in [0.15, 0.2) is 0 Å². The Morgan fingerprint density at radius 3 is 2.44 bits per heavy atom. The third-order valence-electron chi connectivity index (χ3n) is 2.97. The zero-order valence-corrected chi connectivity index (χ0v) is 11.2. The van der Waals surface area contributed by atoms with Crippen molar-refractivity contribution in [3.8, 4) is 0 Å². The van der Waals surface area contributed by atoms with E-state index in [9.17, 15) is 9.00 Å². The molecule has 1 unspecified atom stereocenters. The van der Waals surface area contributed by atoms with Crippen molar-refractivity contribution in [3.05, 3.63) is 29.8 Å². The number of nitrogens with zero attached hydrogens (tertiary/aromatic N) is 1. The Kier molecular flexibility index (Phi) is 4.49. The topological polar surface area (TPSA) is 46.6 Å². The van der Waals surface area contributed by atoms with Crippen molar-refractivity contribution in [2.45, 2.75) is 11.3 Å². The molecule has 98 valence electrons. The zero-order chi connectivity index (χ0) is 13.0. The van der Waals surface area contributed by atoms with Gasteiger partial charge in [-0.15, -0.1) is 0 Å². The molecule has 4 nitrogen and oxygen atoms in total. The number of morpholine rings is 1. The molecule has 0 aromatic heterocycles. The summed E-state index contributed by atoms with van der Waals surface area (Å²) < 4.78 is 16.5. The Morgan fingerprint density at radius 1 is 1.28 bits per heavy atom. The molecule has 0 radical (unpaired) electrons. The van der Waals surface area contributed by atoms with Gasteiger partial charge in [-0.1, -0.05) is 12.1 Å². The van der Waals surface area contributed by atoms with Crippen molar-refractivity contribution in [1.29, 1.82) is 0 Å². The van der Waals surface area contributed by atoms with Crippen LogP contribution in [0, 0.1) is 0 Å². The van der Waals surface area contributed by atoms with E-state index in [2.05, 4.69) is 0 Å². The third-order valence-corrected chi connectivity index (χ3v) is 3.91. The summed E-state index contributed by atoms with van der Waals surface area (Å²) in [5.41, 5.74) is 0.959. The van der Waals surface area contributed by atoms with Gasteiger partial charge in [0.1, 0.15) is 0 Å². The number of rotatable bonds is 3. The van der Waals surface area contributed by atoms with Crippen LogP contribution in [0.3, 0.4) is 0 Å². The van der Waals surface area contributed by atoms with E-state index in [0.29, 0.717) is 32.7 Å². The van der Waals surface area contributed by atoms with Gasteiger partial charge in [-0.25, -0.2) is 0 Å². The van der Waals surface area contributed by atoms with Gasteiger partial charge in [0.25, 0.3) is 0 Å². The van der Waals surface area contributed by atoms with Crippen molar-refractivity contribution in [3.63, 3.8) is 0 Å². The van der Waals surface area contributed by atoms with Gasteiger partial charge in [0.2, 0.25) is 5.91 Å². The molecular weight excluding hydrogens is 250 g/mol. The smallest absolute Gasteiger partial charge is 0.227 e. The van der Waals surface area contributed by atoms with Gasteiger partial charge >= 0.3 is 0 Å². The van der Waals surface area contributed by atoms with E-state index in [1.165, 1.54) is 0 Å². The SMILES string of the molecule is CS(=O)c1ccc(CC(=O)N2CCOCC2)cc1. The molecule has 1 aromatic carbocycles. The van der Waals surface area contributed by atoms with E-state index >= 15 is 0 Å². The van der Waals surface area contributed by atoms with Gasteiger partial charge < -0.3 is 9.64 Å². The lowest BCUT2D eigenvalue weighted by atomic mass is 10.1. The van der Waals surface area contributed by atoms with Gasteiger partial charge in [-0.05, 0) is 17.7 Å². The summed E-state index contributed by atoms with van der Waals surface area (Å²) in [6.45, 7) is 2.60. The van der Waals surface area contributed by atoms with Crippen molar-refractivity contribution >= 4 is 16.7 Å². The van der Waals surface area contributed by atoms with Crippen LogP contribution in [0.4, 0.5) is 0 Å². The number of ether oxygens (including phenoxy) is 1. The summed E-state index contributed by atoms with van der Waals surface area (Å²) in [5, 5.41) is 0. The Bertz CT molecular complexity index is 438. The van der Waals surface area contributed by atoms with E-state index in [0.717, 1.165) is 10.5 Å². The third kappa shape index (κ3) is 3.40. The number of carbonyl (C=O) groups excluding carboxylic acids is 1. The number of amides is 1. The Balaban J connectivity index is 1.96. The van der Waals surface area contributed by atoms with Crippen LogP contribution >= 0.6 is 0 Å². The molecule has 0 aliphatic carbocycles. The highest BCUT2D eigenvalue weighted by molar-refractivity contribution is 7.84. The molecule has 1 fully saturated rings. The van der Waals surface area contributed by atoms with E-state index in [-0.39, 0.29) is 5.91 Å². The highest BCUT2D eigenvalue weighted by Gasteiger charge is 2.16. The van der Waals surface area contributed by atoms with Gasteiger partial charge in [-0.2, -0.15) is 0 Å². The second kappa shape index (κ2) is 6.11. The van der Waals surface area contributed by atoms with Crippen LogP contribution in [-0.4, -0.2) is 47.6 Å². The maximum absolute atomic E-state index is 12.0. The molecule has 0 saturated carbocycles. The summed E-state index contributed by atoms with van der Waals surface area (Å²) in [6.07, 6.45) is 2.05. The summed E-state index contributed by atoms with van der Waals surface area (Å²) >= 11 is 0. The normalized spacial score (nSPS) is 17.5. The molecule has 1 heterocycles. The fraction of sp³-hybridized carbons (Fsp3) is 0.462. The fourth-order valence-electron chi connectivity index (χ4n) is 1.90. The molecule has 1 aliphatic rings. The van der Waals surface area contributed by atoms with Crippen molar-refractivity contribution in [2.24, 2.45) is 0 Å². The van der Waals surface area contributed by atoms with E-state index < -0.39 is 10.8 Å². The van der Waals surface area contributed by atoms with Crippen LogP contribution in [0.15, 0.2) is 29.2 Å². The minimum Gasteiger partial charge on any atom is -0.378 e. The molecule has 0 N–H and O–H groups in total. The first-order chi connectivity index (χ1) is 8.66. The maximum atomic E-state index is 12.0. The molecule has 0 bridgehead atoms. The van der Waals surface area contributed by atoms with Crippen LogP contribution in [0.1, 0.15) is 5.56 Å². The summed E-state index contributed by atoms with van der Waals surface area (Å²) in [5.74, 6) is 0.128. The van der Waals surface area contributed by atoms with Crippen molar-refractivity contribution in [1.82, 2.24) is 4.90 Å². The highest BCUT2D eigenvalue weighted by atomic mass is 32.2. The number of hydrogen-bond acceptors (Lipinski definition) is 3. The lowest BCUT2D eigenvalue weighted by Gasteiger charge is -2.26. The molecule has 1 aromatic rings. The summed E-state index contributed by atoms with van der Waals surface area (Å²) in [6, 6.07) is 7.38. The summed E-state index contributed by atoms with van der Waals surface area (Å²) in [4.78, 5) is 14.6. The Morgan fingerprint density at radius 2 is 1.89 bits per heavy atom. The molecule has 5 heteroatoms. The lowest BCUT2D eigenvalue weighted by Crippen LogP contribution is -2.41. The lowest BCUT2D eigenvalue weighted by molar-refractivity contribution is -0.134. The van der Waals surface area contributed by atoms with Gasteiger partial charge in [-0.3, -0.25) is 9.00 Å². The minimum absolute atomic E-state index is 0.128. The number of hydrogen-bond donors (Lipinski definition) is 0. The number of benzene rings is 1. The highest BCUT2D eigenvalue weighted by Crippen LogP contribution is 2.10. The van der Waals surface area contributed by atoms with E-state index in [4.69, 9.17) is 4.74 Å². The molecule has 2 rings (SSSR count). The largest absolute Gasteiger partial charge is 0.378 e. The predicted octanol–water partition coefficient (Wildman–Crippen LogP) is 0.825. The summed E-state index contributed by atoms with van der Waals surface area (Å²) in [7, 11) is -0.966. The van der Waals surface area contributed by atoms with Crippen LogP contribution in [0.25, 0.3) is 0 Å². The van der Waals surface area contributed by atoms with E-state index in [1.54, 1.807) is 6.26 Å². The molecule has 1 amide bonds. The van der Waals surface area contributed by atoms with E-state index in [1.807, 2.05) is 29.2 Å². The predicted molar refractivity (Wildman–Crippen MR) is 69.9 cm³/mol. The molecule has 18 heavy (non-hydrogen) atoms. The van der Waals surface area contributed by atoms with Crippen LogP contribution in [-0.2, 0) is 26.8 Å². The van der Waals surface area contributed by atoms with Crippen LogP contribution in [0.2, 0.25) is 0 Å². The Hall–Kier alpha value is -1.20. The van der Waals surface area contributed by atoms with Gasteiger partial charge in [0.05, 0.1) is 19.6 Å². The average molecular weight is 267 g/mol. The second-order valence-electron chi connectivity index (χ2n) is 4.27. The molecular formula is C13H17NO3S. The van der Waals surface area contributed by atoms with Crippen LogP contribution in [0.5, 0.6) is 0 Å². The molecule has 1 saturated heterocycles. The van der Waals surface area contributed by atoms with Crippen molar-refractivity contribution in [2.75, 3.05) is 32.6 Å². The average Bonchev–Trinajstić information content (AvgIpc) is 2.40. The molecule has 1 aliphatic heterocycles. The second-order valence-corrected chi connectivity index (χ2v) is 5.65. The van der Waals surface area contributed by atoms with Crippen LogP contribution < -0.4 is 0 Å². The first kappa shape index (κ1) is 13.2. The van der Waals surface area contributed by atoms with Crippen molar-refractivity contribution < 1.29 is 13.7 Å².